The van der Waals surface area contributed by atoms with E-state index in [1.165, 1.54) is 18.2 Å². The van der Waals surface area contributed by atoms with Crippen molar-refractivity contribution in [1.82, 2.24) is 0 Å². The lowest BCUT2D eigenvalue weighted by molar-refractivity contribution is 0.0697. The third-order valence-electron chi connectivity index (χ3n) is 1.47. The van der Waals surface area contributed by atoms with Crippen LogP contribution in [0.25, 0.3) is 0 Å². The van der Waals surface area contributed by atoms with Gasteiger partial charge in [0.2, 0.25) is 0 Å². The van der Waals surface area contributed by atoms with Gasteiger partial charge in [-0.15, -0.1) is 0 Å². The predicted octanol–water partition coefficient (Wildman–Crippen LogP) is 1.53. The van der Waals surface area contributed by atoms with Gasteiger partial charge in [-0.05, 0) is 18.2 Å². The molecular weight excluding hydrogens is 208 g/mol. The maximum atomic E-state index is 10.6. The minimum absolute atomic E-state index is 0.0261. The van der Waals surface area contributed by atoms with Crippen molar-refractivity contribution in [2.45, 2.75) is 0 Å². The maximum absolute atomic E-state index is 10.6. The molecule has 0 aliphatic rings. The fourth-order valence-electron chi connectivity index (χ4n) is 0.887. The number of hydrogen-bond acceptors (Lipinski definition) is 2. The number of carbonyl (C=O) groups excluding carboxylic acids is 1. The topological polar surface area (TPSA) is 92.4 Å². The number of amides is 2. The van der Waals surface area contributed by atoms with Gasteiger partial charge >= 0.3 is 12.0 Å². The van der Waals surface area contributed by atoms with Crippen molar-refractivity contribution in [3.8, 4) is 0 Å². The van der Waals surface area contributed by atoms with E-state index >= 15 is 0 Å². The first-order valence-corrected chi connectivity index (χ1v) is 3.98. The van der Waals surface area contributed by atoms with E-state index in [4.69, 9.17) is 22.4 Å². The number of carbonyl (C=O) groups is 2. The van der Waals surface area contributed by atoms with Gasteiger partial charge in [-0.25, -0.2) is 9.59 Å². The minimum Gasteiger partial charge on any atom is -0.478 e. The van der Waals surface area contributed by atoms with Gasteiger partial charge < -0.3 is 16.2 Å². The monoisotopic (exact) mass is 214 g/mol. The number of halogens is 1. The van der Waals surface area contributed by atoms with Crippen LogP contribution >= 0.6 is 11.6 Å². The Morgan fingerprint density at radius 1 is 1.43 bits per heavy atom. The van der Waals surface area contributed by atoms with Gasteiger partial charge in [-0.2, -0.15) is 0 Å². The van der Waals surface area contributed by atoms with Crippen LogP contribution in [-0.4, -0.2) is 17.1 Å². The van der Waals surface area contributed by atoms with Crippen molar-refractivity contribution in [1.29, 1.82) is 0 Å². The smallest absolute Gasteiger partial charge is 0.335 e. The third kappa shape index (κ3) is 2.37. The lowest BCUT2D eigenvalue weighted by atomic mass is 10.2. The molecule has 0 saturated carbocycles. The van der Waals surface area contributed by atoms with Crippen LogP contribution in [0.5, 0.6) is 0 Å². The molecule has 0 atom stereocenters. The molecule has 0 aliphatic carbocycles. The van der Waals surface area contributed by atoms with Gasteiger partial charge in [0.25, 0.3) is 0 Å². The maximum Gasteiger partial charge on any atom is 0.335 e. The Hall–Kier alpha value is -1.75. The summed E-state index contributed by atoms with van der Waals surface area (Å²) in [7, 11) is 0. The first-order chi connectivity index (χ1) is 6.50. The molecule has 1 aromatic rings. The second-order valence-electron chi connectivity index (χ2n) is 2.49. The zero-order valence-electron chi connectivity index (χ0n) is 6.95. The predicted molar refractivity (Wildman–Crippen MR) is 51.6 cm³/mol. The van der Waals surface area contributed by atoms with E-state index in [0.717, 1.165) is 0 Å². The van der Waals surface area contributed by atoms with Gasteiger partial charge in [0, 0.05) is 0 Å². The highest BCUT2D eigenvalue weighted by Gasteiger charge is 2.07. The van der Waals surface area contributed by atoms with Crippen molar-refractivity contribution in [3.05, 3.63) is 28.8 Å². The zero-order valence-corrected chi connectivity index (χ0v) is 7.71. The number of carboxylic acids is 1. The number of aromatic carboxylic acids is 1. The van der Waals surface area contributed by atoms with Crippen molar-refractivity contribution >= 4 is 29.3 Å². The standard InChI is InChI=1S/C8H7ClN2O3/c9-5-2-1-4(7(12)13)3-6(5)11-8(10)14/h1-3H,(H,12,13)(H3,10,11,14). The second kappa shape index (κ2) is 3.97. The highest BCUT2D eigenvalue weighted by atomic mass is 35.5. The number of nitrogens with two attached hydrogens (primary N) is 1. The number of nitrogens with one attached hydrogen (secondary N) is 1. The van der Waals surface area contributed by atoms with E-state index < -0.39 is 12.0 Å². The van der Waals surface area contributed by atoms with Gasteiger partial charge in [-0.1, -0.05) is 11.6 Å². The van der Waals surface area contributed by atoms with Crippen LogP contribution in [0.2, 0.25) is 5.02 Å². The Kier molecular flexibility index (Phi) is 2.93. The van der Waals surface area contributed by atoms with E-state index in [-0.39, 0.29) is 16.3 Å². The second-order valence-corrected chi connectivity index (χ2v) is 2.90. The van der Waals surface area contributed by atoms with Crippen molar-refractivity contribution < 1.29 is 14.7 Å². The highest BCUT2D eigenvalue weighted by Crippen LogP contribution is 2.22. The van der Waals surface area contributed by atoms with E-state index in [1.54, 1.807) is 0 Å². The number of anilines is 1. The summed E-state index contributed by atoms with van der Waals surface area (Å²) in [4.78, 5) is 21.1. The Bertz CT molecular complexity index is 392. The van der Waals surface area contributed by atoms with Gasteiger partial charge in [-0.3, -0.25) is 0 Å². The average molecular weight is 215 g/mol. The molecule has 0 aliphatic heterocycles. The number of primary amides is 1. The molecular formula is C8H7ClN2O3. The van der Waals surface area contributed by atoms with E-state index in [9.17, 15) is 9.59 Å². The molecule has 0 aromatic heterocycles. The quantitative estimate of drug-likeness (QED) is 0.697. The largest absolute Gasteiger partial charge is 0.478 e. The first-order valence-electron chi connectivity index (χ1n) is 3.60. The molecule has 0 radical (unpaired) electrons. The van der Waals surface area contributed by atoms with Crippen LogP contribution in [0.4, 0.5) is 10.5 Å². The van der Waals surface area contributed by atoms with Crippen LogP contribution in [0.15, 0.2) is 18.2 Å². The molecule has 1 rings (SSSR count). The SMILES string of the molecule is NC(=O)Nc1cc(C(=O)O)ccc1Cl. The molecule has 5 nitrogen and oxygen atoms in total. The Balaban J connectivity index is 3.08. The third-order valence-corrected chi connectivity index (χ3v) is 1.80. The number of benzene rings is 1. The molecule has 74 valence electrons. The molecule has 0 saturated heterocycles. The van der Waals surface area contributed by atoms with E-state index in [1.807, 2.05) is 0 Å². The number of carboxylic acid groups (broad SMARTS) is 1. The summed E-state index contributed by atoms with van der Waals surface area (Å²) >= 11 is 5.68. The summed E-state index contributed by atoms with van der Waals surface area (Å²) in [5, 5.41) is 11.1. The Morgan fingerprint density at radius 3 is 2.57 bits per heavy atom. The summed E-state index contributed by atoms with van der Waals surface area (Å²) in [6.07, 6.45) is 0. The van der Waals surface area contributed by atoms with Crippen LogP contribution in [0, 0.1) is 0 Å². The zero-order chi connectivity index (χ0) is 10.7. The molecule has 14 heavy (non-hydrogen) atoms. The van der Waals surface area contributed by atoms with Crippen molar-refractivity contribution in [3.63, 3.8) is 0 Å². The van der Waals surface area contributed by atoms with E-state index in [2.05, 4.69) is 5.32 Å². The summed E-state index contributed by atoms with van der Waals surface area (Å²) in [5.74, 6) is -1.10. The Morgan fingerprint density at radius 2 is 2.07 bits per heavy atom. The van der Waals surface area contributed by atoms with Crippen LogP contribution < -0.4 is 11.1 Å². The van der Waals surface area contributed by atoms with Crippen LogP contribution in [0.1, 0.15) is 10.4 Å². The lowest BCUT2D eigenvalue weighted by Gasteiger charge is -2.04. The van der Waals surface area contributed by atoms with Gasteiger partial charge in [0.05, 0.1) is 16.3 Å². The molecule has 6 heteroatoms. The first kappa shape index (κ1) is 10.3. The van der Waals surface area contributed by atoms with Crippen molar-refractivity contribution in [2.75, 3.05) is 5.32 Å². The fraction of sp³-hybridized carbons (Fsp3) is 0. The minimum atomic E-state index is -1.10. The van der Waals surface area contributed by atoms with Gasteiger partial charge in [0.15, 0.2) is 0 Å². The molecule has 0 unspecified atom stereocenters. The summed E-state index contributed by atoms with van der Waals surface area (Å²) in [6, 6.07) is 3.14. The summed E-state index contributed by atoms with van der Waals surface area (Å²) < 4.78 is 0. The van der Waals surface area contributed by atoms with Gasteiger partial charge in [0.1, 0.15) is 0 Å². The fourth-order valence-corrected chi connectivity index (χ4v) is 1.05. The number of hydrogen-bond donors (Lipinski definition) is 3. The summed E-state index contributed by atoms with van der Waals surface area (Å²) in [5.41, 5.74) is 5.07. The normalized spacial score (nSPS) is 9.50. The van der Waals surface area contributed by atoms with Crippen molar-refractivity contribution in [2.24, 2.45) is 5.73 Å². The van der Waals surface area contributed by atoms with E-state index in [0.29, 0.717) is 0 Å². The van der Waals surface area contributed by atoms with Crippen LogP contribution in [-0.2, 0) is 0 Å². The number of rotatable bonds is 2. The molecule has 2 amide bonds. The number of urea groups is 1. The molecule has 4 N–H and O–H groups in total. The molecule has 0 heterocycles. The Labute approximate surface area is 84.5 Å². The molecule has 0 fully saturated rings. The molecule has 0 bridgehead atoms. The lowest BCUT2D eigenvalue weighted by Crippen LogP contribution is -2.19. The highest BCUT2D eigenvalue weighted by molar-refractivity contribution is 6.33. The molecule has 1 aromatic carbocycles. The average Bonchev–Trinajstić information content (AvgIpc) is 2.07. The summed E-state index contributed by atoms with van der Waals surface area (Å²) in [6.45, 7) is 0. The molecule has 0 spiro atoms. The van der Waals surface area contributed by atoms with Crippen LogP contribution in [0.3, 0.4) is 0 Å².